The molecular weight excluding hydrogens is 400 g/mol. The molecule has 3 saturated heterocycles. The van der Waals surface area contributed by atoms with Gasteiger partial charge in [-0.05, 0) is 56.7 Å². The number of carbonyl (C=O) groups is 3. The number of fused-ring (bicyclic) bond motifs is 6. The second-order valence-electron chi connectivity index (χ2n) is 8.71. The number of carbonyl (C=O) groups excluding carboxylic acids is 3. The number of aryl methyl sites for hydroxylation is 2. The maximum absolute atomic E-state index is 13.3. The number of nitrogens with one attached hydrogen (secondary N) is 1. The van der Waals surface area contributed by atoms with Gasteiger partial charge in [0.1, 0.15) is 5.00 Å². The van der Waals surface area contributed by atoms with Crippen molar-refractivity contribution in [2.45, 2.75) is 51.2 Å². The second kappa shape index (κ2) is 6.49. The Hall–Kier alpha value is -2.51. The van der Waals surface area contributed by atoms with E-state index in [0.29, 0.717) is 16.3 Å². The predicted molar refractivity (Wildman–Crippen MR) is 113 cm³/mol. The zero-order valence-electron chi connectivity index (χ0n) is 16.6. The number of nitrogens with zero attached hydrogens (tertiary/aromatic N) is 1. The molecule has 0 saturated carbocycles. The normalized spacial score (nSPS) is 28.9. The maximum atomic E-state index is 13.3. The zero-order chi connectivity index (χ0) is 20.6. The molecule has 4 heterocycles. The third-order valence-electron chi connectivity index (χ3n) is 6.93. The van der Waals surface area contributed by atoms with Gasteiger partial charge in [0.05, 0.1) is 29.6 Å². The first-order valence-corrected chi connectivity index (χ1v) is 11.4. The topological polar surface area (TPSA) is 75.7 Å². The van der Waals surface area contributed by atoms with Crippen molar-refractivity contribution in [3.63, 3.8) is 0 Å². The number of benzene rings is 1. The van der Waals surface area contributed by atoms with Crippen molar-refractivity contribution in [3.05, 3.63) is 45.8 Å². The Morgan fingerprint density at radius 1 is 1.07 bits per heavy atom. The highest BCUT2D eigenvalue weighted by Gasteiger charge is 2.63. The standard InChI is InChI=1S/C23H22N2O4S/c1-11-5-7-12(8-6-11)24-20(26)17-13-3-2-4-16(13)30-23(17)25-21(27)18-14-9-10-15(29-14)19(18)22(25)28/h5-8,14-15,18-19H,2-4,9-10H2,1H3,(H,24,26)/t14-,15-,18+,19+/m1/s1. The van der Waals surface area contributed by atoms with Crippen LogP contribution in [0.5, 0.6) is 0 Å². The van der Waals surface area contributed by atoms with E-state index in [1.807, 2.05) is 31.2 Å². The van der Waals surface area contributed by atoms with Gasteiger partial charge in [-0.25, -0.2) is 4.90 Å². The highest BCUT2D eigenvalue weighted by atomic mass is 32.1. The zero-order valence-corrected chi connectivity index (χ0v) is 17.5. The summed E-state index contributed by atoms with van der Waals surface area (Å²) in [5, 5.41) is 3.48. The van der Waals surface area contributed by atoms with Crippen LogP contribution in [-0.2, 0) is 27.2 Å². The Morgan fingerprint density at radius 3 is 2.40 bits per heavy atom. The third kappa shape index (κ3) is 2.48. The van der Waals surface area contributed by atoms with Gasteiger partial charge >= 0.3 is 0 Å². The molecule has 0 unspecified atom stereocenters. The van der Waals surface area contributed by atoms with Crippen LogP contribution in [0.25, 0.3) is 0 Å². The molecule has 0 spiro atoms. The summed E-state index contributed by atoms with van der Waals surface area (Å²) >= 11 is 1.44. The van der Waals surface area contributed by atoms with Crippen molar-refractivity contribution in [2.75, 3.05) is 10.2 Å². The highest BCUT2D eigenvalue weighted by molar-refractivity contribution is 7.17. The van der Waals surface area contributed by atoms with Gasteiger partial charge in [0.2, 0.25) is 11.8 Å². The molecule has 6 rings (SSSR count). The molecule has 1 aromatic carbocycles. The minimum absolute atomic E-state index is 0.155. The van der Waals surface area contributed by atoms with Crippen LogP contribution in [0.3, 0.4) is 0 Å². The van der Waals surface area contributed by atoms with Crippen LogP contribution < -0.4 is 10.2 Å². The van der Waals surface area contributed by atoms with Crippen LogP contribution >= 0.6 is 11.3 Å². The molecule has 1 N–H and O–H groups in total. The molecular formula is C23H22N2O4S. The summed E-state index contributed by atoms with van der Waals surface area (Å²) in [4.78, 5) is 42.3. The number of ether oxygens (including phenoxy) is 1. The summed E-state index contributed by atoms with van der Waals surface area (Å²) in [7, 11) is 0. The fraction of sp³-hybridized carbons (Fsp3) is 0.435. The van der Waals surface area contributed by atoms with Crippen LogP contribution in [0.2, 0.25) is 0 Å². The van der Waals surface area contributed by atoms with Crippen molar-refractivity contribution < 1.29 is 19.1 Å². The summed E-state index contributed by atoms with van der Waals surface area (Å²) in [6, 6.07) is 7.62. The number of hydrogen-bond acceptors (Lipinski definition) is 5. The molecule has 0 radical (unpaired) electrons. The van der Waals surface area contributed by atoms with E-state index in [1.54, 1.807) is 0 Å². The van der Waals surface area contributed by atoms with Crippen molar-refractivity contribution in [1.29, 1.82) is 0 Å². The molecule has 154 valence electrons. The lowest BCUT2D eigenvalue weighted by Crippen LogP contribution is -2.35. The molecule has 4 atom stereocenters. The van der Waals surface area contributed by atoms with Crippen LogP contribution in [0.4, 0.5) is 10.7 Å². The lowest BCUT2D eigenvalue weighted by Gasteiger charge is -2.18. The molecule has 30 heavy (non-hydrogen) atoms. The lowest BCUT2D eigenvalue weighted by atomic mass is 9.81. The molecule has 3 amide bonds. The third-order valence-corrected chi connectivity index (χ3v) is 8.20. The monoisotopic (exact) mass is 422 g/mol. The summed E-state index contributed by atoms with van der Waals surface area (Å²) in [5.74, 6) is -1.41. The van der Waals surface area contributed by atoms with Gasteiger partial charge in [0.25, 0.3) is 5.91 Å². The van der Waals surface area contributed by atoms with E-state index in [9.17, 15) is 14.4 Å². The Bertz CT molecular complexity index is 1060. The molecule has 3 aliphatic heterocycles. The van der Waals surface area contributed by atoms with Gasteiger partial charge in [0, 0.05) is 10.6 Å². The van der Waals surface area contributed by atoms with Crippen molar-refractivity contribution in [3.8, 4) is 0 Å². The lowest BCUT2D eigenvalue weighted by molar-refractivity contribution is -0.124. The Morgan fingerprint density at radius 2 is 1.73 bits per heavy atom. The Labute approximate surface area is 178 Å². The molecule has 1 aromatic heterocycles. The highest BCUT2D eigenvalue weighted by Crippen LogP contribution is 2.52. The molecule has 1 aliphatic carbocycles. The molecule has 7 heteroatoms. The molecule has 2 aromatic rings. The van der Waals surface area contributed by atoms with E-state index < -0.39 is 0 Å². The second-order valence-corrected chi connectivity index (χ2v) is 9.80. The van der Waals surface area contributed by atoms with Crippen LogP contribution in [0, 0.1) is 18.8 Å². The molecule has 3 fully saturated rings. The number of imide groups is 1. The number of anilines is 2. The molecule has 2 bridgehead atoms. The first kappa shape index (κ1) is 18.3. The average molecular weight is 423 g/mol. The fourth-order valence-electron chi connectivity index (χ4n) is 5.52. The first-order chi connectivity index (χ1) is 14.5. The Balaban J connectivity index is 1.39. The van der Waals surface area contributed by atoms with Crippen LogP contribution in [0.15, 0.2) is 24.3 Å². The summed E-state index contributed by atoms with van der Waals surface area (Å²) < 4.78 is 5.85. The SMILES string of the molecule is Cc1ccc(NC(=O)c2c(N3C(=O)[C@@H]4[C@@H](C3=O)[C@H]3CC[C@H]4O3)sc3c2CCC3)cc1. The summed E-state index contributed by atoms with van der Waals surface area (Å²) in [5.41, 5.74) is 3.32. The van der Waals surface area contributed by atoms with E-state index >= 15 is 0 Å². The molecule has 6 nitrogen and oxygen atoms in total. The summed E-state index contributed by atoms with van der Waals surface area (Å²) in [6.07, 6.45) is 4.05. The fourth-order valence-corrected chi connectivity index (χ4v) is 6.92. The predicted octanol–water partition coefficient (Wildman–Crippen LogP) is 3.46. The minimum atomic E-state index is -0.388. The number of amides is 3. The molecule has 4 aliphatic rings. The van der Waals surface area contributed by atoms with E-state index in [0.717, 1.165) is 48.1 Å². The van der Waals surface area contributed by atoms with Crippen molar-refractivity contribution in [2.24, 2.45) is 11.8 Å². The van der Waals surface area contributed by atoms with Gasteiger partial charge in [0.15, 0.2) is 0 Å². The first-order valence-electron chi connectivity index (χ1n) is 10.6. The van der Waals surface area contributed by atoms with Gasteiger partial charge in [-0.2, -0.15) is 0 Å². The van der Waals surface area contributed by atoms with E-state index in [2.05, 4.69) is 5.32 Å². The number of thiophene rings is 1. The van der Waals surface area contributed by atoms with Gasteiger partial charge < -0.3 is 10.1 Å². The van der Waals surface area contributed by atoms with Crippen molar-refractivity contribution >= 4 is 39.7 Å². The van der Waals surface area contributed by atoms with E-state index in [1.165, 1.54) is 16.2 Å². The van der Waals surface area contributed by atoms with Crippen LogP contribution in [-0.4, -0.2) is 29.9 Å². The smallest absolute Gasteiger partial charge is 0.258 e. The van der Waals surface area contributed by atoms with Crippen molar-refractivity contribution in [1.82, 2.24) is 0 Å². The largest absolute Gasteiger partial charge is 0.373 e. The van der Waals surface area contributed by atoms with Gasteiger partial charge in [-0.15, -0.1) is 11.3 Å². The van der Waals surface area contributed by atoms with Crippen LogP contribution in [0.1, 0.15) is 45.6 Å². The maximum Gasteiger partial charge on any atom is 0.258 e. The number of hydrogen-bond donors (Lipinski definition) is 1. The minimum Gasteiger partial charge on any atom is -0.373 e. The average Bonchev–Trinajstić information content (AvgIpc) is 3.50. The van der Waals surface area contributed by atoms with E-state index in [-0.39, 0.29) is 41.8 Å². The van der Waals surface area contributed by atoms with Gasteiger partial charge in [-0.1, -0.05) is 17.7 Å². The summed E-state index contributed by atoms with van der Waals surface area (Å²) in [6.45, 7) is 1.99. The Kier molecular flexibility index (Phi) is 3.95. The van der Waals surface area contributed by atoms with Gasteiger partial charge in [-0.3, -0.25) is 14.4 Å². The quantitative estimate of drug-likeness (QED) is 0.769. The van der Waals surface area contributed by atoms with E-state index in [4.69, 9.17) is 4.74 Å². The number of rotatable bonds is 3.